The smallest absolute Gasteiger partial charge is 0.220 e. The normalized spacial score (nSPS) is 11.5. The van der Waals surface area contributed by atoms with Gasteiger partial charge in [-0.15, -0.1) is 0 Å². The SMILES string of the molecule is COc1cc(OC)nc(Sc2ccc3nc(-c4ccccc4)c(NC(C)(C)C)n3n2)n1. The predicted molar refractivity (Wildman–Crippen MR) is 121 cm³/mol. The molecule has 160 valence electrons. The molecule has 4 rings (SSSR count). The highest BCUT2D eigenvalue weighted by atomic mass is 32.2. The lowest BCUT2D eigenvalue weighted by Gasteiger charge is -2.22. The lowest BCUT2D eigenvalue weighted by molar-refractivity contribution is 0.364. The van der Waals surface area contributed by atoms with Gasteiger partial charge in [-0.2, -0.15) is 19.6 Å². The van der Waals surface area contributed by atoms with Gasteiger partial charge in [0.25, 0.3) is 0 Å². The molecule has 0 unspecified atom stereocenters. The topological polar surface area (TPSA) is 86.5 Å². The summed E-state index contributed by atoms with van der Waals surface area (Å²) in [6, 6.07) is 15.6. The van der Waals surface area contributed by atoms with Crippen molar-refractivity contribution in [3.05, 3.63) is 48.5 Å². The summed E-state index contributed by atoms with van der Waals surface area (Å²) in [5.41, 5.74) is 2.45. The Morgan fingerprint density at radius 3 is 2.19 bits per heavy atom. The third-order valence-electron chi connectivity index (χ3n) is 4.27. The number of anilines is 1. The molecule has 9 heteroatoms. The van der Waals surface area contributed by atoms with E-state index in [1.165, 1.54) is 11.8 Å². The first-order valence-corrected chi connectivity index (χ1v) is 10.6. The molecular formula is C22H24N6O2S. The Kier molecular flexibility index (Phi) is 5.69. The van der Waals surface area contributed by atoms with Crippen LogP contribution in [-0.4, -0.2) is 44.3 Å². The molecule has 0 bridgehead atoms. The molecule has 0 aliphatic carbocycles. The number of methoxy groups -OCH3 is 2. The van der Waals surface area contributed by atoms with Gasteiger partial charge in [0, 0.05) is 11.1 Å². The number of imidazole rings is 1. The van der Waals surface area contributed by atoms with Crippen molar-refractivity contribution in [2.75, 3.05) is 19.5 Å². The van der Waals surface area contributed by atoms with E-state index in [9.17, 15) is 0 Å². The Hall–Kier alpha value is -3.33. The van der Waals surface area contributed by atoms with Crippen LogP contribution in [-0.2, 0) is 0 Å². The van der Waals surface area contributed by atoms with Crippen LogP contribution in [0.3, 0.4) is 0 Å². The number of benzene rings is 1. The molecule has 0 aliphatic heterocycles. The second-order valence-corrected chi connectivity index (χ2v) is 8.82. The highest BCUT2D eigenvalue weighted by molar-refractivity contribution is 7.99. The van der Waals surface area contributed by atoms with Crippen LogP contribution < -0.4 is 14.8 Å². The maximum absolute atomic E-state index is 5.24. The number of hydrogen-bond acceptors (Lipinski definition) is 8. The fourth-order valence-electron chi connectivity index (χ4n) is 2.97. The van der Waals surface area contributed by atoms with Gasteiger partial charge in [0.1, 0.15) is 10.7 Å². The quantitative estimate of drug-likeness (QED) is 0.440. The van der Waals surface area contributed by atoms with Crippen LogP contribution >= 0.6 is 11.8 Å². The molecule has 0 aliphatic rings. The van der Waals surface area contributed by atoms with E-state index >= 15 is 0 Å². The van der Waals surface area contributed by atoms with Crippen molar-refractivity contribution in [2.45, 2.75) is 36.5 Å². The molecule has 0 radical (unpaired) electrons. The predicted octanol–water partition coefficient (Wildman–Crippen LogP) is 4.57. The molecule has 0 saturated heterocycles. The zero-order valence-electron chi connectivity index (χ0n) is 18.1. The first kappa shape index (κ1) is 20.9. The number of hydrogen-bond donors (Lipinski definition) is 1. The van der Waals surface area contributed by atoms with Gasteiger partial charge in [-0.3, -0.25) is 0 Å². The van der Waals surface area contributed by atoms with E-state index in [2.05, 4.69) is 36.1 Å². The van der Waals surface area contributed by atoms with Crippen LogP contribution in [0.25, 0.3) is 16.9 Å². The van der Waals surface area contributed by atoms with E-state index in [-0.39, 0.29) is 5.54 Å². The number of nitrogens with one attached hydrogen (secondary N) is 1. The first-order valence-electron chi connectivity index (χ1n) is 9.74. The summed E-state index contributed by atoms with van der Waals surface area (Å²) in [4.78, 5) is 13.6. The molecule has 1 N–H and O–H groups in total. The minimum Gasteiger partial charge on any atom is -0.481 e. The second-order valence-electron chi connectivity index (χ2n) is 7.83. The number of aromatic nitrogens is 5. The van der Waals surface area contributed by atoms with Crippen LogP contribution in [0.1, 0.15) is 20.8 Å². The van der Waals surface area contributed by atoms with Gasteiger partial charge in [0.15, 0.2) is 11.5 Å². The summed E-state index contributed by atoms with van der Waals surface area (Å²) in [6.45, 7) is 6.32. The minimum absolute atomic E-state index is 0.173. The van der Waals surface area contributed by atoms with Crippen molar-refractivity contribution in [1.29, 1.82) is 0 Å². The average molecular weight is 437 g/mol. The van der Waals surface area contributed by atoms with Crippen LogP contribution in [0.5, 0.6) is 11.8 Å². The van der Waals surface area contributed by atoms with Crippen molar-refractivity contribution in [3.63, 3.8) is 0 Å². The maximum Gasteiger partial charge on any atom is 0.220 e. The van der Waals surface area contributed by atoms with Crippen molar-refractivity contribution < 1.29 is 9.47 Å². The number of nitrogens with zero attached hydrogens (tertiary/aromatic N) is 5. The fourth-order valence-corrected chi connectivity index (χ4v) is 3.68. The van der Waals surface area contributed by atoms with E-state index in [1.807, 2.05) is 47.0 Å². The molecule has 3 aromatic heterocycles. The summed E-state index contributed by atoms with van der Waals surface area (Å²) in [5, 5.41) is 9.56. The zero-order valence-corrected chi connectivity index (χ0v) is 18.9. The van der Waals surface area contributed by atoms with Crippen molar-refractivity contribution in [1.82, 2.24) is 24.6 Å². The lowest BCUT2D eigenvalue weighted by atomic mass is 10.1. The molecule has 0 amide bonds. The largest absolute Gasteiger partial charge is 0.481 e. The zero-order chi connectivity index (χ0) is 22.0. The third-order valence-corrected chi connectivity index (χ3v) is 5.06. The molecule has 0 spiro atoms. The highest BCUT2D eigenvalue weighted by Crippen LogP contribution is 2.32. The molecule has 8 nitrogen and oxygen atoms in total. The van der Waals surface area contributed by atoms with E-state index in [1.54, 1.807) is 20.3 Å². The van der Waals surface area contributed by atoms with Crippen LogP contribution in [0.15, 0.2) is 58.7 Å². The van der Waals surface area contributed by atoms with E-state index in [0.29, 0.717) is 16.9 Å². The maximum atomic E-state index is 5.24. The van der Waals surface area contributed by atoms with Gasteiger partial charge in [-0.05, 0) is 44.7 Å². The van der Waals surface area contributed by atoms with Gasteiger partial charge in [-0.1, -0.05) is 30.3 Å². The number of fused-ring (bicyclic) bond motifs is 1. The summed E-state index contributed by atoms with van der Waals surface area (Å²) in [7, 11) is 3.11. The minimum atomic E-state index is -0.173. The van der Waals surface area contributed by atoms with E-state index in [4.69, 9.17) is 19.6 Å². The van der Waals surface area contributed by atoms with Crippen LogP contribution in [0.2, 0.25) is 0 Å². The Balaban J connectivity index is 1.79. The number of ether oxygens (including phenoxy) is 2. The molecule has 4 aromatic rings. The summed E-state index contributed by atoms with van der Waals surface area (Å²) < 4.78 is 12.3. The molecule has 31 heavy (non-hydrogen) atoms. The average Bonchev–Trinajstić information content (AvgIpc) is 3.10. The van der Waals surface area contributed by atoms with Gasteiger partial charge in [-0.25, -0.2) is 4.98 Å². The molecule has 0 atom stereocenters. The lowest BCUT2D eigenvalue weighted by Crippen LogP contribution is -2.27. The Bertz CT molecular complexity index is 1180. The van der Waals surface area contributed by atoms with Crippen molar-refractivity contribution in [2.24, 2.45) is 0 Å². The van der Waals surface area contributed by atoms with Gasteiger partial charge in [0.05, 0.1) is 20.3 Å². The van der Waals surface area contributed by atoms with Gasteiger partial charge >= 0.3 is 0 Å². The van der Waals surface area contributed by atoms with E-state index in [0.717, 1.165) is 27.7 Å². The standard InChI is InChI=1S/C22H24N6O2S/c1-22(2,3)26-20-19(14-9-7-6-8-10-14)23-15-11-12-18(27-28(15)20)31-21-24-16(29-4)13-17(25-21)30-5/h6-13,26H,1-5H3. The fraction of sp³-hybridized carbons (Fsp3) is 0.273. The summed E-state index contributed by atoms with van der Waals surface area (Å²) in [6.07, 6.45) is 0. The van der Waals surface area contributed by atoms with Gasteiger partial charge < -0.3 is 14.8 Å². The summed E-state index contributed by atoms with van der Waals surface area (Å²) >= 11 is 1.32. The highest BCUT2D eigenvalue weighted by Gasteiger charge is 2.20. The van der Waals surface area contributed by atoms with Crippen molar-refractivity contribution >= 4 is 23.2 Å². The first-order chi connectivity index (χ1) is 14.9. The molecular weight excluding hydrogens is 412 g/mol. The Morgan fingerprint density at radius 1 is 0.903 bits per heavy atom. The van der Waals surface area contributed by atoms with Gasteiger partial charge in [0.2, 0.25) is 16.9 Å². The number of rotatable bonds is 6. The second kappa shape index (κ2) is 8.43. The van der Waals surface area contributed by atoms with Crippen molar-refractivity contribution in [3.8, 4) is 23.0 Å². The van der Waals surface area contributed by atoms with Crippen LogP contribution in [0, 0.1) is 0 Å². The Morgan fingerprint density at radius 2 is 1.58 bits per heavy atom. The molecule has 3 heterocycles. The molecule has 0 fully saturated rings. The summed E-state index contributed by atoms with van der Waals surface area (Å²) in [5.74, 6) is 1.69. The Labute approximate surface area is 185 Å². The monoisotopic (exact) mass is 436 g/mol. The van der Waals surface area contributed by atoms with E-state index < -0.39 is 0 Å². The molecule has 0 saturated carbocycles. The molecule has 1 aromatic carbocycles. The third kappa shape index (κ3) is 4.72. The van der Waals surface area contributed by atoms with Crippen LogP contribution in [0.4, 0.5) is 5.82 Å².